The predicted octanol–water partition coefficient (Wildman–Crippen LogP) is 4.45. The fourth-order valence-electron chi connectivity index (χ4n) is 2.21. The van der Waals surface area contributed by atoms with E-state index >= 15 is 0 Å². The van der Waals surface area contributed by atoms with Crippen molar-refractivity contribution in [2.45, 2.75) is 79.1 Å². The highest BCUT2D eigenvalue weighted by molar-refractivity contribution is 7.80. The van der Waals surface area contributed by atoms with Gasteiger partial charge in [-0.15, -0.1) is 0 Å². The highest BCUT2D eigenvalue weighted by Gasteiger charge is 2.20. The summed E-state index contributed by atoms with van der Waals surface area (Å²) in [5.74, 6) is 0. The molecule has 24 heavy (non-hydrogen) atoms. The lowest BCUT2D eigenvalue weighted by molar-refractivity contribution is 0.124. The van der Waals surface area contributed by atoms with E-state index in [1.807, 2.05) is 0 Å². The first-order chi connectivity index (χ1) is 11.6. The van der Waals surface area contributed by atoms with Crippen molar-refractivity contribution in [3.63, 3.8) is 0 Å². The number of hydrogen-bond acceptors (Lipinski definition) is 2. The second-order valence-corrected chi connectivity index (χ2v) is 6.90. The highest BCUT2D eigenvalue weighted by atomic mass is 32.1. The molecule has 0 aliphatic rings. The van der Waals surface area contributed by atoms with Gasteiger partial charge in [-0.05, 0) is 50.1 Å². The minimum Gasteiger partial charge on any atom is -0.361 e. The van der Waals surface area contributed by atoms with Crippen molar-refractivity contribution in [1.82, 2.24) is 20.7 Å². The number of rotatable bonds is 12. The molecule has 142 valence electrons. The van der Waals surface area contributed by atoms with Gasteiger partial charge in [0.25, 0.3) is 0 Å². The molecule has 0 bridgehead atoms. The van der Waals surface area contributed by atoms with Crippen LogP contribution in [0.3, 0.4) is 0 Å². The summed E-state index contributed by atoms with van der Waals surface area (Å²) in [5, 5.41) is 12.7. The monoisotopic (exact) mass is 374 g/mol. The van der Waals surface area contributed by atoms with Crippen molar-refractivity contribution in [2.24, 2.45) is 0 Å². The third-order valence-corrected chi connectivity index (χ3v) is 4.53. The number of nitrogens with zero attached hydrogens (tertiary/aromatic N) is 2. The molecule has 0 rings (SSSR count). The van der Waals surface area contributed by atoms with Gasteiger partial charge in [-0.25, -0.2) is 0 Å². The van der Waals surface area contributed by atoms with E-state index in [9.17, 15) is 0 Å². The zero-order chi connectivity index (χ0) is 18.2. The van der Waals surface area contributed by atoms with E-state index in [-0.39, 0.29) is 0 Å². The van der Waals surface area contributed by atoms with Gasteiger partial charge in [0.05, 0.1) is 0 Å². The first-order valence-electron chi connectivity index (χ1n) is 9.72. The smallest absolute Gasteiger partial charge is 0.188 e. The lowest BCUT2D eigenvalue weighted by Gasteiger charge is -2.38. The van der Waals surface area contributed by atoms with Gasteiger partial charge < -0.3 is 10.6 Å². The lowest BCUT2D eigenvalue weighted by atomic mass is 10.3. The molecule has 0 aromatic rings. The topological polar surface area (TPSA) is 30.5 Å². The standard InChI is InChI=1S/C18H38N4S2/c1-5-9-13-19-17(23)21(15-11-7-3)22(16-12-8-4)18(24)20-14-10-6-2/h5-16H2,1-4H3,(H,19,23)(H,20,24). The van der Waals surface area contributed by atoms with Gasteiger partial charge >= 0.3 is 0 Å². The predicted molar refractivity (Wildman–Crippen MR) is 114 cm³/mol. The minimum atomic E-state index is 0.799. The second-order valence-electron chi connectivity index (χ2n) is 6.12. The summed E-state index contributed by atoms with van der Waals surface area (Å²) in [6, 6.07) is 0. The molecule has 0 aromatic carbocycles. The van der Waals surface area contributed by atoms with Crippen LogP contribution in [0.15, 0.2) is 0 Å². The normalized spacial score (nSPS) is 10.3. The average Bonchev–Trinajstić information content (AvgIpc) is 2.58. The quantitative estimate of drug-likeness (QED) is 0.298. The van der Waals surface area contributed by atoms with Gasteiger partial charge in [-0.1, -0.05) is 53.4 Å². The third kappa shape index (κ3) is 10.3. The zero-order valence-electron chi connectivity index (χ0n) is 16.2. The zero-order valence-corrected chi connectivity index (χ0v) is 17.8. The summed E-state index contributed by atoms with van der Waals surface area (Å²) in [6.07, 6.45) is 9.11. The van der Waals surface area contributed by atoms with E-state index in [4.69, 9.17) is 24.4 Å². The number of unbranched alkanes of at least 4 members (excludes halogenated alkanes) is 4. The largest absolute Gasteiger partial charge is 0.361 e. The van der Waals surface area contributed by atoms with Crippen molar-refractivity contribution in [3.8, 4) is 0 Å². The molecular formula is C18H38N4S2. The molecule has 0 aliphatic carbocycles. The number of hydrogen-bond donors (Lipinski definition) is 2. The lowest BCUT2D eigenvalue weighted by Crippen LogP contribution is -2.56. The molecule has 0 radical (unpaired) electrons. The van der Waals surface area contributed by atoms with Crippen LogP contribution >= 0.6 is 24.4 Å². The Hall–Kier alpha value is -0.620. The van der Waals surface area contributed by atoms with Crippen LogP contribution in [0.2, 0.25) is 0 Å². The summed E-state index contributed by atoms with van der Waals surface area (Å²) in [4.78, 5) is 0. The molecule has 0 atom stereocenters. The molecule has 0 fully saturated rings. The van der Waals surface area contributed by atoms with Crippen molar-refractivity contribution < 1.29 is 0 Å². The van der Waals surface area contributed by atoms with E-state index in [1.165, 1.54) is 12.8 Å². The van der Waals surface area contributed by atoms with Crippen LogP contribution in [-0.4, -0.2) is 46.4 Å². The van der Waals surface area contributed by atoms with Crippen LogP contribution in [0.4, 0.5) is 0 Å². The Morgan fingerprint density at radius 1 is 0.625 bits per heavy atom. The fourth-order valence-corrected chi connectivity index (χ4v) is 2.79. The Morgan fingerprint density at radius 2 is 0.958 bits per heavy atom. The van der Waals surface area contributed by atoms with Gasteiger partial charge in [0.2, 0.25) is 0 Å². The molecule has 0 amide bonds. The number of nitrogens with one attached hydrogen (secondary N) is 2. The van der Waals surface area contributed by atoms with E-state index in [0.717, 1.165) is 74.9 Å². The molecule has 6 heteroatoms. The fraction of sp³-hybridized carbons (Fsp3) is 0.889. The molecule has 0 spiro atoms. The number of thiocarbonyl (C=S) groups is 2. The first kappa shape index (κ1) is 23.4. The maximum Gasteiger partial charge on any atom is 0.188 e. The average molecular weight is 375 g/mol. The van der Waals surface area contributed by atoms with Crippen LogP contribution in [0.25, 0.3) is 0 Å². The minimum absolute atomic E-state index is 0.799. The Labute approximate surface area is 160 Å². The van der Waals surface area contributed by atoms with Gasteiger partial charge in [0, 0.05) is 26.2 Å². The summed E-state index contributed by atoms with van der Waals surface area (Å²) in [5.41, 5.74) is 0. The molecule has 0 heterocycles. The highest BCUT2D eigenvalue weighted by Crippen LogP contribution is 2.07. The van der Waals surface area contributed by atoms with Crippen molar-refractivity contribution in [2.75, 3.05) is 26.2 Å². The van der Waals surface area contributed by atoms with Gasteiger partial charge in [-0.2, -0.15) is 0 Å². The molecular weight excluding hydrogens is 336 g/mol. The summed E-state index contributed by atoms with van der Waals surface area (Å²) >= 11 is 11.3. The van der Waals surface area contributed by atoms with Gasteiger partial charge in [0.1, 0.15) is 0 Å². The second kappa shape index (κ2) is 15.9. The van der Waals surface area contributed by atoms with Crippen LogP contribution in [-0.2, 0) is 0 Å². The summed E-state index contributed by atoms with van der Waals surface area (Å²) in [7, 11) is 0. The Morgan fingerprint density at radius 3 is 1.25 bits per heavy atom. The molecule has 0 saturated heterocycles. The van der Waals surface area contributed by atoms with Crippen molar-refractivity contribution in [1.29, 1.82) is 0 Å². The molecule has 0 unspecified atom stereocenters. The van der Waals surface area contributed by atoms with Gasteiger partial charge in [0.15, 0.2) is 10.2 Å². The first-order valence-corrected chi connectivity index (χ1v) is 10.5. The molecule has 0 aromatic heterocycles. The maximum atomic E-state index is 5.67. The van der Waals surface area contributed by atoms with E-state index in [0.29, 0.717) is 0 Å². The molecule has 2 N–H and O–H groups in total. The van der Waals surface area contributed by atoms with Crippen molar-refractivity contribution in [3.05, 3.63) is 0 Å². The Kier molecular flexibility index (Phi) is 15.5. The van der Waals surface area contributed by atoms with E-state index in [1.54, 1.807) is 0 Å². The molecule has 4 nitrogen and oxygen atoms in total. The number of hydrazine groups is 1. The van der Waals surface area contributed by atoms with Crippen LogP contribution in [0, 0.1) is 0 Å². The SMILES string of the molecule is CCCCNC(=S)N(CCCC)N(CCCC)C(=S)NCCCC. The van der Waals surface area contributed by atoms with E-state index < -0.39 is 0 Å². The van der Waals surface area contributed by atoms with Gasteiger partial charge in [-0.3, -0.25) is 10.0 Å². The third-order valence-electron chi connectivity index (χ3n) is 3.82. The summed E-state index contributed by atoms with van der Waals surface area (Å²) < 4.78 is 0. The maximum absolute atomic E-state index is 5.67. The summed E-state index contributed by atoms with van der Waals surface area (Å²) in [6.45, 7) is 12.5. The van der Waals surface area contributed by atoms with Crippen LogP contribution in [0.1, 0.15) is 79.1 Å². The van der Waals surface area contributed by atoms with Crippen LogP contribution in [0.5, 0.6) is 0 Å². The molecule has 0 aliphatic heterocycles. The van der Waals surface area contributed by atoms with Crippen molar-refractivity contribution >= 4 is 34.7 Å². The van der Waals surface area contributed by atoms with E-state index in [2.05, 4.69) is 48.3 Å². The Balaban J connectivity index is 4.94. The Bertz CT molecular complexity index is 305. The van der Waals surface area contributed by atoms with Crippen LogP contribution < -0.4 is 10.6 Å². The molecule has 0 saturated carbocycles.